The summed E-state index contributed by atoms with van der Waals surface area (Å²) in [6.45, 7) is 19.3. The van der Waals surface area contributed by atoms with Gasteiger partial charge in [-0.1, -0.05) is 27.2 Å². The highest BCUT2D eigenvalue weighted by atomic mass is 16.7. The third kappa shape index (κ3) is 12.5. The molecule has 0 aromatic heterocycles. The molecule has 0 amide bonds. The first-order valence-electron chi connectivity index (χ1n) is 18.9. The lowest BCUT2D eigenvalue weighted by Crippen LogP contribution is -2.39. The number of carbonyl (C=O) groups excluding carboxylic acids is 4. The Labute approximate surface area is 300 Å². The molecule has 5 fully saturated rings. The van der Waals surface area contributed by atoms with E-state index in [0.717, 1.165) is 71.1 Å². The summed E-state index contributed by atoms with van der Waals surface area (Å²) in [6.07, 6.45) is 12.6. The summed E-state index contributed by atoms with van der Waals surface area (Å²) in [5.41, 5.74) is -1.15. The molecule has 6 unspecified atom stereocenters. The van der Waals surface area contributed by atoms with Crippen molar-refractivity contribution in [3.63, 3.8) is 0 Å². The summed E-state index contributed by atoms with van der Waals surface area (Å²) in [5, 5.41) is 7.42. The second kappa shape index (κ2) is 19.2. The summed E-state index contributed by atoms with van der Waals surface area (Å²) < 4.78 is 27.2. The molecule has 5 aliphatic rings. The lowest BCUT2D eigenvalue weighted by atomic mass is 9.87. The van der Waals surface area contributed by atoms with E-state index in [1.165, 1.54) is 19.3 Å². The fraction of sp³-hybridized carbons (Fsp3) is 0.872. The number of rotatable bonds is 9. The molecule has 3 saturated carbocycles. The first kappa shape index (κ1) is 43.5. The van der Waals surface area contributed by atoms with Gasteiger partial charge in [0, 0.05) is 25.2 Å². The average molecular weight is 711 g/mol. The number of hydrogen-bond donors (Lipinski definition) is 1. The van der Waals surface area contributed by atoms with Gasteiger partial charge in [0.05, 0.1) is 28.8 Å². The zero-order valence-electron chi connectivity index (χ0n) is 32.5. The molecule has 50 heavy (non-hydrogen) atoms. The Hall–Kier alpha value is -2.69. The van der Waals surface area contributed by atoms with Crippen molar-refractivity contribution in [2.45, 2.75) is 177 Å². The predicted molar refractivity (Wildman–Crippen MR) is 188 cm³/mol. The maximum atomic E-state index is 12.1. The quantitative estimate of drug-likeness (QED) is 0.184. The van der Waals surface area contributed by atoms with Gasteiger partial charge in [-0.25, -0.2) is 0 Å². The third-order valence-electron chi connectivity index (χ3n) is 11.2. The minimum Gasteiger partial charge on any atom is -0.481 e. The van der Waals surface area contributed by atoms with E-state index in [2.05, 4.69) is 0 Å². The smallest absolute Gasteiger partial charge is 0.313 e. The molecule has 11 nitrogen and oxygen atoms in total. The second-order valence-corrected chi connectivity index (χ2v) is 16.4. The van der Waals surface area contributed by atoms with Crippen LogP contribution in [0, 0.1) is 34.0 Å². The Morgan fingerprint density at radius 1 is 0.720 bits per heavy atom. The van der Waals surface area contributed by atoms with E-state index in [0.29, 0.717) is 18.4 Å². The number of hydrogen-bond acceptors (Lipinski definition) is 10. The average Bonchev–Trinajstić information content (AvgIpc) is 3.71. The Kier molecular flexibility index (Phi) is 16.7. The molecule has 5 rings (SSSR count). The van der Waals surface area contributed by atoms with Crippen molar-refractivity contribution in [2.75, 3.05) is 6.61 Å². The summed E-state index contributed by atoms with van der Waals surface area (Å²) >= 11 is 0. The Morgan fingerprint density at radius 3 is 1.68 bits per heavy atom. The van der Waals surface area contributed by atoms with E-state index in [9.17, 15) is 19.2 Å². The van der Waals surface area contributed by atoms with Crippen LogP contribution in [0.15, 0.2) is 0 Å². The van der Waals surface area contributed by atoms with Crippen LogP contribution in [0.3, 0.4) is 0 Å². The summed E-state index contributed by atoms with van der Waals surface area (Å²) in [7, 11) is 0. The van der Waals surface area contributed by atoms with Crippen molar-refractivity contribution >= 4 is 29.8 Å². The van der Waals surface area contributed by atoms with Gasteiger partial charge >= 0.3 is 23.9 Å². The maximum Gasteiger partial charge on any atom is 0.313 e. The normalized spacial score (nSPS) is 27.2. The van der Waals surface area contributed by atoms with Crippen LogP contribution in [0.5, 0.6) is 0 Å². The molecule has 288 valence electrons. The fourth-order valence-corrected chi connectivity index (χ4v) is 6.36. The van der Waals surface area contributed by atoms with Gasteiger partial charge in [-0.15, -0.1) is 0 Å². The molecule has 0 radical (unpaired) electrons. The van der Waals surface area contributed by atoms with Crippen LogP contribution in [-0.4, -0.2) is 66.2 Å². The number of ether oxygens (including phenoxy) is 5. The molecular weight excluding hydrogens is 644 g/mol. The van der Waals surface area contributed by atoms with Gasteiger partial charge in [-0.2, -0.15) is 0 Å². The minimum absolute atomic E-state index is 0.0214. The lowest BCUT2D eigenvalue weighted by Gasteiger charge is -2.29. The van der Waals surface area contributed by atoms with Crippen molar-refractivity contribution in [2.24, 2.45) is 34.0 Å². The summed E-state index contributed by atoms with van der Waals surface area (Å²) in [4.78, 5) is 56.1. The highest BCUT2D eigenvalue weighted by Gasteiger charge is 2.63. The highest BCUT2D eigenvalue weighted by Crippen LogP contribution is 2.55. The van der Waals surface area contributed by atoms with Gasteiger partial charge in [-0.3, -0.25) is 24.0 Å². The SMILES string of the molecule is CC(=O)O.CCC(C)(C)C(=O)OC1C2CC3C(=O)OC1C3C2.CCC(C)(C)C(=O)OC1CCCCC1.CCC(C)(C)C(=O)OC1CCCCO1. The lowest BCUT2D eigenvalue weighted by molar-refractivity contribution is -0.196. The highest BCUT2D eigenvalue weighted by molar-refractivity contribution is 5.78. The summed E-state index contributed by atoms with van der Waals surface area (Å²) in [5.74, 6) is -0.547. The number of esters is 4. The number of fused-ring (bicyclic) bond motifs is 1. The zero-order valence-corrected chi connectivity index (χ0v) is 32.5. The van der Waals surface area contributed by atoms with E-state index in [1.54, 1.807) is 0 Å². The molecule has 11 heteroatoms. The van der Waals surface area contributed by atoms with E-state index < -0.39 is 11.4 Å². The van der Waals surface area contributed by atoms with E-state index >= 15 is 0 Å². The standard InChI is InChI=1S/C14H20O4.C12H22O2.C11H20O3.C2H4O2/c1-4-14(2,3)13(16)18-10-7-5-8-9(6-7)12(15)17-11(8)10;1-4-12(2,3)11(13)14-10-8-6-5-7-9-10;1-4-11(2,3)10(12)14-9-7-5-6-8-13-9;1-2(3)4/h7-11H,4-6H2,1-3H3;10H,4-9H2,1-3H3;9H,4-8H2,1-3H3;1H3,(H,3,4). The fourth-order valence-electron chi connectivity index (χ4n) is 6.36. The van der Waals surface area contributed by atoms with Crippen molar-refractivity contribution in [3.8, 4) is 0 Å². The Balaban J connectivity index is 0.000000250. The number of aliphatic carboxylic acids is 1. The molecule has 3 aliphatic carbocycles. The molecular formula is C39H66O11. The van der Waals surface area contributed by atoms with Gasteiger partial charge in [0.2, 0.25) is 6.29 Å². The van der Waals surface area contributed by atoms with Crippen LogP contribution in [0.2, 0.25) is 0 Å². The van der Waals surface area contributed by atoms with Crippen LogP contribution in [0.1, 0.15) is 153 Å². The van der Waals surface area contributed by atoms with Crippen LogP contribution >= 0.6 is 0 Å². The van der Waals surface area contributed by atoms with Crippen molar-refractivity contribution in [1.82, 2.24) is 0 Å². The van der Waals surface area contributed by atoms with Crippen LogP contribution in [-0.2, 0) is 47.7 Å². The molecule has 0 spiro atoms. The van der Waals surface area contributed by atoms with Gasteiger partial charge < -0.3 is 28.8 Å². The Morgan fingerprint density at radius 2 is 1.20 bits per heavy atom. The third-order valence-corrected chi connectivity index (χ3v) is 11.2. The molecule has 1 N–H and O–H groups in total. The van der Waals surface area contributed by atoms with Crippen LogP contribution in [0.4, 0.5) is 0 Å². The van der Waals surface area contributed by atoms with Crippen LogP contribution in [0.25, 0.3) is 0 Å². The largest absolute Gasteiger partial charge is 0.481 e. The van der Waals surface area contributed by atoms with E-state index in [1.807, 2.05) is 62.3 Å². The molecule has 2 heterocycles. The molecule has 2 bridgehead atoms. The number of carbonyl (C=O) groups is 5. The summed E-state index contributed by atoms with van der Waals surface area (Å²) in [6, 6.07) is 0. The van der Waals surface area contributed by atoms with Crippen molar-refractivity contribution in [3.05, 3.63) is 0 Å². The molecule has 2 aliphatic heterocycles. The first-order valence-corrected chi connectivity index (χ1v) is 18.9. The first-order chi connectivity index (χ1) is 23.3. The molecule has 6 atom stereocenters. The van der Waals surface area contributed by atoms with Crippen LogP contribution < -0.4 is 0 Å². The van der Waals surface area contributed by atoms with Gasteiger partial charge in [0.25, 0.3) is 5.97 Å². The van der Waals surface area contributed by atoms with Crippen molar-refractivity contribution in [1.29, 1.82) is 0 Å². The van der Waals surface area contributed by atoms with Gasteiger partial charge in [-0.05, 0) is 112 Å². The predicted octanol–water partition coefficient (Wildman–Crippen LogP) is 7.80. The Bertz CT molecular complexity index is 1080. The number of carboxylic acid groups (broad SMARTS) is 1. The zero-order chi connectivity index (χ0) is 37.9. The van der Waals surface area contributed by atoms with Gasteiger partial charge in [0.1, 0.15) is 18.3 Å². The van der Waals surface area contributed by atoms with Gasteiger partial charge in [0.15, 0.2) is 0 Å². The minimum atomic E-state index is -0.833. The van der Waals surface area contributed by atoms with E-state index in [-0.39, 0.29) is 65.2 Å². The van der Waals surface area contributed by atoms with Crippen molar-refractivity contribution < 1.29 is 52.8 Å². The molecule has 2 saturated heterocycles. The topological polar surface area (TPSA) is 152 Å². The maximum absolute atomic E-state index is 12.1. The second-order valence-electron chi connectivity index (χ2n) is 16.4. The number of carboxylic acids is 1. The van der Waals surface area contributed by atoms with E-state index in [4.69, 9.17) is 33.6 Å². The monoisotopic (exact) mass is 710 g/mol. The molecule has 0 aromatic rings. The molecule has 0 aromatic carbocycles.